The van der Waals surface area contributed by atoms with Gasteiger partial charge in [0.05, 0.1) is 4.90 Å². The number of benzene rings is 2. The lowest BCUT2D eigenvalue weighted by atomic mass is 10.2. The Balaban J connectivity index is 1.77. The van der Waals surface area contributed by atoms with Crippen LogP contribution in [0.4, 0.5) is 0 Å². The average Bonchev–Trinajstić information content (AvgIpc) is 2.59. The Morgan fingerprint density at radius 2 is 1.68 bits per heavy atom. The van der Waals surface area contributed by atoms with Gasteiger partial charge in [0.25, 0.3) is 0 Å². The predicted octanol–water partition coefficient (Wildman–Crippen LogP) is 2.76. The van der Waals surface area contributed by atoms with E-state index in [4.69, 9.17) is 11.6 Å². The lowest BCUT2D eigenvalue weighted by Gasteiger charge is -2.07. The second-order valence-corrected chi connectivity index (χ2v) is 7.59. The Morgan fingerprint density at radius 3 is 2.32 bits per heavy atom. The Labute approximate surface area is 152 Å². The van der Waals surface area contributed by atoms with Crippen molar-refractivity contribution in [2.24, 2.45) is 0 Å². The fourth-order valence-electron chi connectivity index (χ4n) is 1.98. The highest BCUT2D eigenvalue weighted by Gasteiger charge is 2.12. The molecule has 0 saturated carbocycles. The van der Waals surface area contributed by atoms with Crippen LogP contribution in [0.5, 0.6) is 0 Å². The molecule has 0 unspecified atom stereocenters. The van der Waals surface area contributed by atoms with Crippen LogP contribution < -0.4 is 10.0 Å². The lowest BCUT2D eigenvalue weighted by Crippen LogP contribution is -2.34. The Hall–Kier alpha value is -2.15. The molecule has 0 spiro atoms. The summed E-state index contributed by atoms with van der Waals surface area (Å²) in [7, 11) is -3.57. The van der Waals surface area contributed by atoms with Crippen molar-refractivity contribution in [1.82, 2.24) is 10.0 Å². The van der Waals surface area contributed by atoms with Crippen molar-refractivity contribution in [2.75, 3.05) is 13.1 Å². The number of hydrogen-bond donors (Lipinski definition) is 2. The molecule has 2 aromatic carbocycles. The summed E-state index contributed by atoms with van der Waals surface area (Å²) < 4.78 is 26.6. The zero-order valence-corrected chi connectivity index (χ0v) is 15.3. The van der Waals surface area contributed by atoms with E-state index < -0.39 is 10.0 Å². The minimum absolute atomic E-state index is 0.108. The minimum Gasteiger partial charge on any atom is -0.351 e. The van der Waals surface area contributed by atoms with Crippen molar-refractivity contribution < 1.29 is 13.2 Å². The van der Waals surface area contributed by atoms with Gasteiger partial charge in [0.15, 0.2) is 0 Å². The summed E-state index contributed by atoms with van der Waals surface area (Å²) in [5.41, 5.74) is 1.83. The van der Waals surface area contributed by atoms with E-state index in [2.05, 4.69) is 10.0 Å². The number of carbonyl (C=O) groups is 1. The van der Waals surface area contributed by atoms with Crippen molar-refractivity contribution in [3.63, 3.8) is 0 Å². The average molecular weight is 379 g/mol. The van der Waals surface area contributed by atoms with Gasteiger partial charge in [-0.25, -0.2) is 13.1 Å². The van der Waals surface area contributed by atoms with Crippen LogP contribution in [0.15, 0.2) is 59.5 Å². The number of rotatable bonds is 7. The molecule has 0 heterocycles. The first-order valence-electron chi connectivity index (χ1n) is 7.65. The summed E-state index contributed by atoms with van der Waals surface area (Å²) in [6.45, 7) is 2.18. The van der Waals surface area contributed by atoms with Gasteiger partial charge in [-0.3, -0.25) is 4.79 Å². The summed E-state index contributed by atoms with van der Waals surface area (Å²) >= 11 is 5.79. The number of carbonyl (C=O) groups excluding carboxylic acids is 1. The molecule has 0 aliphatic carbocycles. The molecule has 0 radical (unpaired) electrons. The van der Waals surface area contributed by atoms with E-state index in [1.165, 1.54) is 6.08 Å². The minimum atomic E-state index is -3.57. The van der Waals surface area contributed by atoms with E-state index in [-0.39, 0.29) is 23.9 Å². The second kappa shape index (κ2) is 8.80. The fraction of sp³-hybridized carbons (Fsp3) is 0.167. The van der Waals surface area contributed by atoms with E-state index in [1.54, 1.807) is 54.6 Å². The third kappa shape index (κ3) is 6.34. The van der Waals surface area contributed by atoms with Gasteiger partial charge in [-0.1, -0.05) is 41.4 Å². The van der Waals surface area contributed by atoms with E-state index in [9.17, 15) is 13.2 Å². The van der Waals surface area contributed by atoms with Crippen molar-refractivity contribution in [2.45, 2.75) is 11.8 Å². The van der Waals surface area contributed by atoms with Crippen LogP contribution in [-0.4, -0.2) is 27.4 Å². The highest BCUT2D eigenvalue weighted by Crippen LogP contribution is 2.10. The molecule has 2 rings (SSSR count). The fourth-order valence-corrected chi connectivity index (χ4v) is 3.13. The molecule has 1 amide bonds. The zero-order valence-electron chi connectivity index (χ0n) is 13.7. The number of halogens is 1. The number of hydrogen-bond acceptors (Lipinski definition) is 3. The van der Waals surface area contributed by atoms with Gasteiger partial charge in [-0.15, -0.1) is 0 Å². The van der Waals surface area contributed by atoms with Crippen LogP contribution >= 0.6 is 11.6 Å². The first kappa shape index (κ1) is 19.2. The van der Waals surface area contributed by atoms with Crippen LogP contribution in [0.3, 0.4) is 0 Å². The van der Waals surface area contributed by atoms with Crippen LogP contribution in [0.1, 0.15) is 11.1 Å². The SMILES string of the molecule is Cc1ccc(S(=O)(=O)NCCNC(=O)/C=C/c2ccc(Cl)cc2)cc1. The first-order chi connectivity index (χ1) is 11.9. The van der Waals surface area contributed by atoms with Gasteiger partial charge in [-0.05, 0) is 42.8 Å². The van der Waals surface area contributed by atoms with E-state index in [0.29, 0.717) is 5.02 Å². The van der Waals surface area contributed by atoms with Crippen molar-refractivity contribution in [3.05, 3.63) is 70.8 Å². The van der Waals surface area contributed by atoms with Gasteiger partial charge in [-0.2, -0.15) is 0 Å². The van der Waals surface area contributed by atoms with Crippen molar-refractivity contribution in [1.29, 1.82) is 0 Å². The third-order valence-corrected chi connectivity index (χ3v) is 5.07. The monoisotopic (exact) mass is 378 g/mol. The maximum atomic E-state index is 12.1. The third-order valence-electron chi connectivity index (χ3n) is 3.34. The molecule has 0 fully saturated rings. The summed E-state index contributed by atoms with van der Waals surface area (Å²) in [5.74, 6) is -0.301. The molecular weight excluding hydrogens is 360 g/mol. The number of nitrogens with one attached hydrogen (secondary N) is 2. The van der Waals surface area contributed by atoms with Crippen LogP contribution in [0.25, 0.3) is 6.08 Å². The first-order valence-corrected chi connectivity index (χ1v) is 9.51. The van der Waals surface area contributed by atoms with E-state index in [0.717, 1.165) is 11.1 Å². The Morgan fingerprint density at radius 1 is 1.04 bits per heavy atom. The maximum absolute atomic E-state index is 12.1. The molecule has 0 aromatic heterocycles. The topological polar surface area (TPSA) is 75.3 Å². The van der Waals surface area contributed by atoms with Gasteiger partial charge < -0.3 is 5.32 Å². The van der Waals surface area contributed by atoms with Crippen molar-refractivity contribution in [3.8, 4) is 0 Å². The Bertz CT molecular complexity index is 845. The number of sulfonamides is 1. The molecule has 132 valence electrons. The molecule has 2 aromatic rings. The van der Waals surface area contributed by atoms with Gasteiger partial charge in [0.1, 0.15) is 0 Å². The highest BCUT2D eigenvalue weighted by atomic mass is 35.5. The maximum Gasteiger partial charge on any atom is 0.244 e. The highest BCUT2D eigenvalue weighted by molar-refractivity contribution is 7.89. The van der Waals surface area contributed by atoms with E-state index >= 15 is 0 Å². The van der Waals surface area contributed by atoms with Gasteiger partial charge >= 0.3 is 0 Å². The van der Waals surface area contributed by atoms with Crippen LogP contribution in [0.2, 0.25) is 5.02 Å². The number of aryl methyl sites for hydroxylation is 1. The molecule has 7 heteroatoms. The molecule has 25 heavy (non-hydrogen) atoms. The second-order valence-electron chi connectivity index (χ2n) is 5.39. The van der Waals surface area contributed by atoms with Crippen LogP contribution in [0, 0.1) is 6.92 Å². The summed E-state index contributed by atoms with van der Waals surface area (Å²) in [6, 6.07) is 13.6. The van der Waals surface area contributed by atoms with Crippen LogP contribution in [-0.2, 0) is 14.8 Å². The summed E-state index contributed by atoms with van der Waals surface area (Å²) in [4.78, 5) is 11.9. The standard InChI is InChI=1S/C18H19ClN2O3S/c1-14-2-9-17(10-3-14)25(23,24)21-13-12-20-18(22)11-6-15-4-7-16(19)8-5-15/h2-11,21H,12-13H2,1H3,(H,20,22)/b11-6+. The van der Waals surface area contributed by atoms with E-state index in [1.807, 2.05) is 6.92 Å². The summed E-state index contributed by atoms with van der Waals surface area (Å²) in [6.07, 6.45) is 3.04. The predicted molar refractivity (Wildman–Crippen MR) is 99.9 cm³/mol. The smallest absolute Gasteiger partial charge is 0.244 e. The van der Waals surface area contributed by atoms with Gasteiger partial charge in [0.2, 0.25) is 15.9 Å². The molecule has 0 atom stereocenters. The molecule has 0 aliphatic rings. The zero-order chi connectivity index (χ0) is 18.3. The molecule has 0 bridgehead atoms. The molecular formula is C18H19ClN2O3S. The van der Waals surface area contributed by atoms with Gasteiger partial charge in [0, 0.05) is 24.2 Å². The Kier molecular flexibility index (Phi) is 6.75. The van der Waals surface area contributed by atoms with Crippen molar-refractivity contribution >= 4 is 33.6 Å². The largest absolute Gasteiger partial charge is 0.351 e. The molecule has 0 aliphatic heterocycles. The molecule has 5 nitrogen and oxygen atoms in total. The quantitative estimate of drug-likeness (QED) is 0.574. The number of amides is 1. The molecule has 2 N–H and O–H groups in total. The normalized spacial score (nSPS) is 11.6. The summed E-state index contributed by atoms with van der Waals surface area (Å²) in [5, 5.41) is 3.25. The lowest BCUT2D eigenvalue weighted by molar-refractivity contribution is -0.116. The molecule has 0 saturated heterocycles.